The summed E-state index contributed by atoms with van der Waals surface area (Å²) in [6.07, 6.45) is 3.28. The molecule has 0 aliphatic heterocycles. The molecule has 0 unspecified atom stereocenters. The first-order chi connectivity index (χ1) is 9.98. The van der Waals surface area contributed by atoms with Crippen molar-refractivity contribution in [2.75, 3.05) is 6.54 Å². The van der Waals surface area contributed by atoms with Gasteiger partial charge in [0, 0.05) is 30.4 Å². The van der Waals surface area contributed by atoms with Crippen molar-refractivity contribution >= 4 is 37.3 Å². The topological polar surface area (TPSA) is 70.5 Å². The zero-order valence-corrected chi connectivity index (χ0v) is 14.6. The van der Waals surface area contributed by atoms with Crippen molar-refractivity contribution in [3.8, 4) is 0 Å². The van der Waals surface area contributed by atoms with E-state index in [-0.39, 0.29) is 18.0 Å². The molecule has 114 valence electrons. The van der Waals surface area contributed by atoms with E-state index in [4.69, 9.17) is 5.11 Å². The second-order valence-corrected chi connectivity index (χ2v) is 8.66. The van der Waals surface area contributed by atoms with Gasteiger partial charge in [-0.3, -0.25) is 4.98 Å². The van der Waals surface area contributed by atoms with Gasteiger partial charge in [0.2, 0.25) is 10.0 Å². The van der Waals surface area contributed by atoms with Crippen LogP contribution in [0.5, 0.6) is 0 Å². The molecule has 2 rings (SSSR count). The third-order valence-corrected chi connectivity index (χ3v) is 7.10. The number of hydrogen-bond acceptors (Lipinski definition) is 5. The van der Waals surface area contributed by atoms with E-state index in [0.29, 0.717) is 15.2 Å². The van der Waals surface area contributed by atoms with Crippen LogP contribution in [0.25, 0.3) is 0 Å². The molecule has 2 aromatic heterocycles. The maximum atomic E-state index is 12.7. The Morgan fingerprint density at radius 2 is 2.05 bits per heavy atom. The Labute approximate surface area is 136 Å². The van der Waals surface area contributed by atoms with Crippen molar-refractivity contribution in [1.29, 1.82) is 0 Å². The van der Waals surface area contributed by atoms with Gasteiger partial charge in [-0.2, -0.15) is 4.31 Å². The summed E-state index contributed by atoms with van der Waals surface area (Å²) in [5.74, 6) is 0. The zero-order valence-electron chi connectivity index (χ0n) is 11.4. The quantitative estimate of drug-likeness (QED) is 0.822. The van der Waals surface area contributed by atoms with Crippen molar-refractivity contribution < 1.29 is 13.5 Å². The third kappa shape index (κ3) is 3.70. The van der Waals surface area contributed by atoms with Crippen LogP contribution in [0.1, 0.15) is 17.4 Å². The van der Waals surface area contributed by atoms with Gasteiger partial charge in [0.15, 0.2) is 0 Å². The van der Waals surface area contributed by atoms with Crippen LogP contribution in [-0.4, -0.2) is 29.4 Å². The van der Waals surface area contributed by atoms with Crippen LogP contribution >= 0.6 is 27.3 Å². The SMILES string of the molecule is CCN(Cc1ccncc1)S(=O)(=O)c1cc(CO)sc1Br. The summed E-state index contributed by atoms with van der Waals surface area (Å²) >= 11 is 4.49. The highest BCUT2D eigenvalue weighted by Crippen LogP contribution is 2.34. The molecule has 0 saturated carbocycles. The van der Waals surface area contributed by atoms with Crippen LogP contribution in [0.2, 0.25) is 0 Å². The normalized spacial score (nSPS) is 12.0. The summed E-state index contributed by atoms with van der Waals surface area (Å²) in [6, 6.07) is 5.10. The second-order valence-electron chi connectivity index (χ2n) is 4.30. The van der Waals surface area contributed by atoms with Gasteiger partial charge in [0.05, 0.1) is 10.4 Å². The molecular weight excluding hydrogens is 376 g/mol. The molecule has 0 amide bonds. The highest BCUT2D eigenvalue weighted by atomic mass is 79.9. The number of rotatable bonds is 6. The fraction of sp³-hybridized carbons (Fsp3) is 0.308. The van der Waals surface area contributed by atoms with Crippen molar-refractivity contribution in [2.45, 2.75) is 25.0 Å². The summed E-state index contributed by atoms with van der Waals surface area (Å²) < 4.78 is 27.4. The number of halogens is 1. The molecule has 0 aliphatic carbocycles. The molecule has 0 fully saturated rings. The standard InChI is InChI=1S/C13H15BrN2O3S2/c1-2-16(8-10-3-5-15-6-4-10)21(18,19)12-7-11(9-17)20-13(12)14/h3-7,17H,2,8-9H2,1H3. The van der Waals surface area contributed by atoms with E-state index in [9.17, 15) is 8.42 Å². The summed E-state index contributed by atoms with van der Waals surface area (Å²) in [4.78, 5) is 4.74. The minimum atomic E-state index is -3.60. The first-order valence-electron chi connectivity index (χ1n) is 6.27. The number of sulfonamides is 1. The lowest BCUT2D eigenvalue weighted by Crippen LogP contribution is -2.30. The van der Waals surface area contributed by atoms with Crippen molar-refractivity contribution in [3.63, 3.8) is 0 Å². The molecule has 0 radical (unpaired) electrons. The highest BCUT2D eigenvalue weighted by molar-refractivity contribution is 9.11. The van der Waals surface area contributed by atoms with Gasteiger partial charge >= 0.3 is 0 Å². The Morgan fingerprint density at radius 3 is 2.57 bits per heavy atom. The molecule has 0 bridgehead atoms. The van der Waals surface area contributed by atoms with Gasteiger partial charge in [-0.05, 0) is 39.7 Å². The molecule has 0 aromatic carbocycles. The predicted molar refractivity (Wildman–Crippen MR) is 85.4 cm³/mol. The minimum Gasteiger partial charge on any atom is -0.391 e. The van der Waals surface area contributed by atoms with Crippen LogP contribution in [0.4, 0.5) is 0 Å². The summed E-state index contributed by atoms with van der Waals surface area (Å²) in [6.45, 7) is 2.28. The number of thiophene rings is 1. The first kappa shape index (κ1) is 16.6. The van der Waals surface area contributed by atoms with Gasteiger partial charge in [0.1, 0.15) is 4.90 Å². The number of hydrogen-bond donors (Lipinski definition) is 1. The van der Waals surface area contributed by atoms with E-state index >= 15 is 0 Å². The van der Waals surface area contributed by atoms with E-state index in [1.807, 2.05) is 0 Å². The molecular formula is C13H15BrN2O3S2. The molecule has 8 heteroatoms. The average Bonchev–Trinajstić information content (AvgIpc) is 2.87. The number of aliphatic hydroxyl groups is 1. The van der Waals surface area contributed by atoms with Crippen molar-refractivity contribution in [1.82, 2.24) is 9.29 Å². The van der Waals surface area contributed by atoms with E-state index in [2.05, 4.69) is 20.9 Å². The minimum absolute atomic E-state index is 0.171. The van der Waals surface area contributed by atoms with E-state index in [0.717, 1.165) is 5.56 Å². The van der Waals surface area contributed by atoms with Crippen LogP contribution in [0, 0.1) is 0 Å². The molecule has 0 saturated heterocycles. The Balaban J connectivity index is 2.33. The van der Waals surface area contributed by atoms with E-state index in [1.165, 1.54) is 21.7 Å². The Hall–Kier alpha value is -0.800. The Kier molecular flexibility index (Phi) is 5.50. The smallest absolute Gasteiger partial charge is 0.245 e. The molecule has 0 aliphatic rings. The van der Waals surface area contributed by atoms with Gasteiger partial charge < -0.3 is 5.11 Å². The maximum Gasteiger partial charge on any atom is 0.245 e. The summed E-state index contributed by atoms with van der Waals surface area (Å²) in [5, 5.41) is 9.15. The number of aliphatic hydroxyl groups excluding tert-OH is 1. The molecule has 0 atom stereocenters. The zero-order chi connectivity index (χ0) is 15.5. The lowest BCUT2D eigenvalue weighted by Gasteiger charge is -2.20. The molecule has 5 nitrogen and oxygen atoms in total. The van der Waals surface area contributed by atoms with Crippen LogP contribution in [0.3, 0.4) is 0 Å². The average molecular weight is 391 g/mol. The van der Waals surface area contributed by atoms with Crippen molar-refractivity contribution in [3.05, 3.63) is 44.8 Å². The van der Waals surface area contributed by atoms with Crippen LogP contribution < -0.4 is 0 Å². The molecule has 1 N–H and O–H groups in total. The van der Waals surface area contributed by atoms with Gasteiger partial charge in [-0.1, -0.05) is 6.92 Å². The molecule has 2 heterocycles. The summed E-state index contributed by atoms with van der Waals surface area (Å²) in [5.41, 5.74) is 0.879. The van der Waals surface area contributed by atoms with Crippen molar-refractivity contribution in [2.24, 2.45) is 0 Å². The first-order valence-corrected chi connectivity index (χ1v) is 9.32. The summed E-state index contributed by atoms with van der Waals surface area (Å²) in [7, 11) is -3.60. The Bertz CT molecular complexity index is 701. The largest absolute Gasteiger partial charge is 0.391 e. The maximum absolute atomic E-state index is 12.7. The van der Waals surface area contributed by atoms with E-state index in [1.54, 1.807) is 31.5 Å². The monoisotopic (exact) mass is 390 g/mol. The van der Waals surface area contributed by atoms with Gasteiger partial charge in [0.25, 0.3) is 0 Å². The number of pyridine rings is 1. The third-order valence-electron chi connectivity index (χ3n) is 2.94. The van der Waals surface area contributed by atoms with Gasteiger partial charge in [-0.25, -0.2) is 8.42 Å². The lowest BCUT2D eigenvalue weighted by molar-refractivity contribution is 0.285. The molecule has 0 spiro atoms. The Morgan fingerprint density at radius 1 is 1.38 bits per heavy atom. The number of aromatic nitrogens is 1. The van der Waals surface area contributed by atoms with Gasteiger partial charge in [-0.15, -0.1) is 11.3 Å². The van der Waals surface area contributed by atoms with Crippen LogP contribution in [-0.2, 0) is 23.2 Å². The highest BCUT2D eigenvalue weighted by Gasteiger charge is 2.27. The fourth-order valence-corrected chi connectivity index (χ4v) is 5.78. The number of nitrogens with zero attached hydrogens (tertiary/aromatic N) is 2. The molecule has 21 heavy (non-hydrogen) atoms. The second kappa shape index (κ2) is 6.97. The predicted octanol–water partition coefficient (Wildman–Crippen LogP) is 2.61. The lowest BCUT2D eigenvalue weighted by atomic mass is 10.3. The van der Waals surface area contributed by atoms with E-state index < -0.39 is 10.0 Å². The van der Waals surface area contributed by atoms with Crippen LogP contribution in [0.15, 0.2) is 39.3 Å². The molecule has 2 aromatic rings. The fourth-order valence-electron chi connectivity index (χ4n) is 1.85.